The van der Waals surface area contributed by atoms with Crippen LogP contribution in [-0.2, 0) is 23.9 Å². The molecule has 2 aromatic rings. The molecule has 0 radical (unpaired) electrons. The van der Waals surface area contributed by atoms with Gasteiger partial charge in [0.2, 0.25) is 17.7 Å². The molecular formula is C32H47N5O6S. The summed E-state index contributed by atoms with van der Waals surface area (Å²) in [6, 6.07) is 5.70. The Morgan fingerprint density at radius 1 is 1.09 bits per heavy atom. The van der Waals surface area contributed by atoms with Crippen molar-refractivity contribution < 1.29 is 29.0 Å². The normalized spacial score (nSPS) is 18.6. The summed E-state index contributed by atoms with van der Waals surface area (Å²) in [6.45, 7) is 14.4. The van der Waals surface area contributed by atoms with Gasteiger partial charge in [0.05, 0.1) is 41.3 Å². The summed E-state index contributed by atoms with van der Waals surface area (Å²) in [7, 11) is 1.61. The smallest absolute Gasteiger partial charge is 0.320 e. The van der Waals surface area contributed by atoms with Crippen molar-refractivity contribution in [2.75, 3.05) is 26.7 Å². The average Bonchev–Trinajstić information content (AvgIpc) is 3.50. The van der Waals surface area contributed by atoms with Gasteiger partial charge in [-0.3, -0.25) is 24.1 Å². The van der Waals surface area contributed by atoms with E-state index in [0.717, 1.165) is 21.7 Å². The second kappa shape index (κ2) is 14.2. The minimum absolute atomic E-state index is 0.0187. The van der Waals surface area contributed by atoms with E-state index in [2.05, 4.69) is 15.6 Å². The fraction of sp³-hybridized carbons (Fsp3) is 0.594. The number of β-amino-alcohol motifs (C(OH)–C–C–N with tert-alkyl or cyclic N) is 1. The third kappa shape index (κ3) is 9.57. The lowest BCUT2D eigenvalue weighted by atomic mass is 9.85. The molecule has 1 aromatic carbocycles. The SMILES string of the molecule is Cc1ncsc1-c1ccc([C@H](C)NC(=O)[C@@H]2C[C@@H](O)CN2C(=O)[C@@H](NC(=O)CN(C)CC(=O)OC(C)(C)C)C(C)(C)C)cc1. The Bertz CT molecular complexity index is 1330. The van der Waals surface area contributed by atoms with E-state index in [4.69, 9.17) is 4.74 Å². The number of amides is 3. The van der Waals surface area contributed by atoms with Crippen LogP contribution in [0.5, 0.6) is 0 Å². The summed E-state index contributed by atoms with van der Waals surface area (Å²) in [4.78, 5) is 60.8. The number of thiazole rings is 1. The summed E-state index contributed by atoms with van der Waals surface area (Å²) in [5, 5.41) is 16.3. The van der Waals surface area contributed by atoms with Crippen LogP contribution in [0.4, 0.5) is 0 Å². The van der Waals surface area contributed by atoms with Crippen molar-refractivity contribution in [3.63, 3.8) is 0 Å². The molecule has 12 heteroatoms. The molecule has 44 heavy (non-hydrogen) atoms. The number of hydrogen-bond acceptors (Lipinski definition) is 9. The highest BCUT2D eigenvalue weighted by Crippen LogP contribution is 2.29. The Balaban J connectivity index is 1.66. The van der Waals surface area contributed by atoms with Crippen molar-refractivity contribution in [2.24, 2.45) is 5.41 Å². The fourth-order valence-electron chi connectivity index (χ4n) is 5.12. The maximum atomic E-state index is 13.9. The second-order valence-electron chi connectivity index (χ2n) is 13.6. The molecular weight excluding hydrogens is 582 g/mol. The highest BCUT2D eigenvalue weighted by atomic mass is 32.1. The Labute approximate surface area is 264 Å². The zero-order valence-corrected chi connectivity index (χ0v) is 28.1. The van der Waals surface area contributed by atoms with Gasteiger partial charge in [-0.25, -0.2) is 4.98 Å². The molecule has 0 aliphatic carbocycles. The second-order valence-corrected chi connectivity index (χ2v) is 14.5. The first-order chi connectivity index (χ1) is 20.4. The van der Waals surface area contributed by atoms with E-state index in [1.165, 1.54) is 9.80 Å². The molecule has 242 valence electrons. The number of rotatable bonds is 10. The lowest BCUT2D eigenvalue weighted by molar-refractivity contribution is -0.156. The Morgan fingerprint density at radius 2 is 1.73 bits per heavy atom. The molecule has 1 aromatic heterocycles. The van der Waals surface area contributed by atoms with Crippen molar-refractivity contribution in [1.82, 2.24) is 25.4 Å². The highest BCUT2D eigenvalue weighted by molar-refractivity contribution is 7.13. The first-order valence-electron chi connectivity index (χ1n) is 14.8. The number of likely N-dealkylation sites (N-methyl/N-ethyl adjacent to an activating group) is 1. The number of hydrogen-bond donors (Lipinski definition) is 3. The van der Waals surface area contributed by atoms with Crippen molar-refractivity contribution >= 4 is 35.0 Å². The number of esters is 1. The molecule has 3 rings (SSSR count). The van der Waals surface area contributed by atoms with Crippen molar-refractivity contribution in [2.45, 2.75) is 91.6 Å². The van der Waals surface area contributed by atoms with E-state index in [1.54, 1.807) is 39.2 Å². The number of likely N-dealkylation sites (tertiary alicyclic amines) is 1. The molecule has 0 spiro atoms. The number of carbonyl (C=O) groups is 4. The van der Waals surface area contributed by atoms with Crippen LogP contribution in [0.3, 0.4) is 0 Å². The van der Waals surface area contributed by atoms with Crippen molar-refractivity contribution in [3.05, 3.63) is 41.0 Å². The summed E-state index contributed by atoms with van der Waals surface area (Å²) in [6.07, 6.45) is -0.777. The number of aliphatic hydroxyl groups excluding tert-OH is 1. The first kappa shape index (κ1) is 35.1. The van der Waals surface area contributed by atoms with E-state index in [0.29, 0.717) is 0 Å². The number of aryl methyl sites for hydroxylation is 1. The number of nitrogens with one attached hydrogen (secondary N) is 2. The molecule has 1 saturated heterocycles. The minimum atomic E-state index is -0.967. The summed E-state index contributed by atoms with van der Waals surface area (Å²) >= 11 is 1.57. The van der Waals surface area contributed by atoms with E-state index >= 15 is 0 Å². The fourth-order valence-corrected chi connectivity index (χ4v) is 5.93. The van der Waals surface area contributed by atoms with Gasteiger partial charge in [0.15, 0.2) is 0 Å². The number of carbonyl (C=O) groups excluding carboxylic acids is 4. The van der Waals surface area contributed by atoms with E-state index < -0.39 is 47.0 Å². The van der Waals surface area contributed by atoms with Gasteiger partial charge in [-0.05, 0) is 58.2 Å². The molecule has 0 unspecified atom stereocenters. The third-order valence-corrected chi connectivity index (χ3v) is 8.27. The van der Waals surface area contributed by atoms with Gasteiger partial charge < -0.3 is 25.4 Å². The lowest BCUT2D eigenvalue weighted by Gasteiger charge is -2.36. The third-order valence-electron chi connectivity index (χ3n) is 7.29. The molecule has 0 saturated carbocycles. The number of benzene rings is 1. The van der Waals surface area contributed by atoms with E-state index in [-0.39, 0.29) is 38.0 Å². The lowest BCUT2D eigenvalue weighted by Crippen LogP contribution is -2.58. The zero-order chi connectivity index (χ0) is 33.0. The van der Waals surface area contributed by atoms with Crippen LogP contribution in [0.2, 0.25) is 0 Å². The molecule has 3 N–H and O–H groups in total. The van der Waals surface area contributed by atoms with E-state index in [1.807, 2.05) is 64.4 Å². The quantitative estimate of drug-likeness (QED) is 0.341. The predicted molar refractivity (Wildman–Crippen MR) is 170 cm³/mol. The van der Waals surface area contributed by atoms with Crippen LogP contribution >= 0.6 is 11.3 Å². The average molecular weight is 630 g/mol. The molecule has 1 fully saturated rings. The van der Waals surface area contributed by atoms with Gasteiger partial charge in [-0.2, -0.15) is 0 Å². The van der Waals surface area contributed by atoms with Crippen LogP contribution in [0.1, 0.15) is 72.2 Å². The minimum Gasteiger partial charge on any atom is -0.459 e. The van der Waals surface area contributed by atoms with E-state index in [9.17, 15) is 24.3 Å². The van der Waals surface area contributed by atoms with Crippen molar-refractivity contribution in [3.8, 4) is 10.4 Å². The van der Waals surface area contributed by atoms with Gasteiger partial charge in [-0.1, -0.05) is 45.0 Å². The summed E-state index contributed by atoms with van der Waals surface area (Å²) in [5.74, 6) is -1.73. The standard InChI is InChI=1S/C32H47N5O6S/c1-19(21-10-12-22(13-11-21)27-20(2)33-18-44-27)34-29(41)24-14-23(38)15-37(24)30(42)28(31(3,4)5)35-25(39)16-36(9)17-26(40)43-32(6,7)8/h10-13,18-19,23-24,28,38H,14-17H2,1-9H3,(H,34,41)(H,35,39)/t19-,23+,24-,28+/m0/s1. The molecule has 3 amide bonds. The number of nitrogens with zero attached hydrogens (tertiary/aromatic N) is 3. The number of aliphatic hydroxyl groups is 1. The monoisotopic (exact) mass is 629 g/mol. The Morgan fingerprint density at radius 3 is 2.27 bits per heavy atom. The summed E-state index contributed by atoms with van der Waals surface area (Å²) < 4.78 is 5.32. The van der Waals surface area contributed by atoms with Crippen LogP contribution in [-0.4, -0.2) is 94.1 Å². The van der Waals surface area contributed by atoms with Gasteiger partial charge in [0.25, 0.3) is 0 Å². The largest absolute Gasteiger partial charge is 0.459 e. The van der Waals surface area contributed by atoms with Gasteiger partial charge in [-0.15, -0.1) is 11.3 Å². The summed E-state index contributed by atoms with van der Waals surface area (Å²) in [5.41, 5.74) is 3.38. The molecule has 2 heterocycles. The molecule has 0 bridgehead atoms. The van der Waals surface area contributed by atoms with Gasteiger partial charge in [0, 0.05) is 13.0 Å². The number of aromatic nitrogens is 1. The highest BCUT2D eigenvalue weighted by Gasteiger charge is 2.44. The molecule has 1 aliphatic heterocycles. The van der Waals surface area contributed by atoms with Gasteiger partial charge >= 0.3 is 5.97 Å². The Hall–Kier alpha value is -3.35. The topological polar surface area (TPSA) is 141 Å². The van der Waals surface area contributed by atoms with Crippen molar-refractivity contribution in [1.29, 1.82) is 0 Å². The molecule has 4 atom stereocenters. The van der Waals surface area contributed by atoms with Crippen LogP contribution < -0.4 is 10.6 Å². The van der Waals surface area contributed by atoms with Crippen LogP contribution in [0, 0.1) is 12.3 Å². The van der Waals surface area contributed by atoms with Crippen LogP contribution in [0.25, 0.3) is 10.4 Å². The maximum absolute atomic E-state index is 13.9. The maximum Gasteiger partial charge on any atom is 0.320 e. The van der Waals surface area contributed by atoms with Gasteiger partial charge in [0.1, 0.15) is 17.7 Å². The zero-order valence-electron chi connectivity index (χ0n) is 27.3. The first-order valence-corrected chi connectivity index (χ1v) is 15.7. The number of ether oxygens (including phenoxy) is 1. The van der Waals surface area contributed by atoms with Crippen LogP contribution in [0.15, 0.2) is 29.8 Å². The molecule has 1 aliphatic rings. The Kier molecular flexibility index (Phi) is 11.3. The predicted octanol–water partition coefficient (Wildman–Crippen LogP) is 3.06. The molecule has 11 nitrogen and oxygen atoms in total.